The fourth-order valence-electron chi connectivity index (χ4n) is 3.55. The second-order valence-corrected chi connectivity index (χ2v) is 9.13. The van der Waals surface area contributed by atoms with E-state index in [9.17, 15) is 9.59 Å². The van der Waals surface area contributed by atoms with Crippen molar-refractivity contribution >= 4 is 17.5 Å². The molecular weight excluding hydrogens is 358 g/mol. The van der Waals surface area contributed by atoms with Crippen molar-refractivity contribution in [1.82, 2.24) is 10.2 Å². The van der Waals surface area contributed by atoms with Gasteiger partial charge >= 0.3 is 0 Å². The maximum absolute atomic E-state index is 12.7. The van der Waals surface area contributed by atoms with E-state index in [-0.39, 0.29) is 24.3 Å². The Balaban J connectivity index is 1.81. The molecule has 0 aromatic heterocycles. The SMILES string of the molecule is CC(C)(COC1CCCCO1)C(=N)CC(=O)NC(=O)C(C)(C)N1CCCCC1. The van der Waals surface area contributed by atoms with Gasteiger partial charge in [0.15, 0.2) is 6.29 Å². The van der Waals surface area contributed by atoms with Crippen LogP contribution < -0.4 is 5.32 Å². The molecule has 0 aliphatic carbocycles. The van der Waals surface area contributed by atoms with Crippen molar-refractivity contribution in [2.24, 2.45) is 5.41 Å². The Labute approximate surface area is 169 Å². The highest BCUT2D eigenvalue weighted by Crippen LogP contribution is 2.24. The number of piperidine rings is 1. The molecule has 1 unspecified atom stereocenters. The number of rotatable bonds is 8. The third-order valence-electron chi connectivity index (χ3n) is 5.88. The fraction of sp³-hybridized carbons (Fsp3) is 0.857. The summed E-state index contributed by atoms with van der Waals surface area (Å²) in [5, 5.41) is 10.8. The summed E-state index contributed by atoms with van der Waals surface area (Å²) in [5.74, 6) is -0.723. The van der Waals surface area contributed by atoms with Crippen molar-refractivity contribution in [3.63, 3.8) is 0 Å². The standard InChI is InChI=1S/C21H37N3O4/c1-20(2,15-28-18-10-6-9-13-27-18)16(22)14-17(25)23-19(26)21(3,4)24-11-7-5-8-12-24/h18,22H,5-15H2,1-4H3,(H,23,25,26). The van der Waals surface area contributed by atoms with Crippen molar-refractivity contribution < 1.29 is 19.1 Å². The van der Waals surface area contributed by atoms with Crippen LogP contribution in [0.1, 0.15) is 72.6 Å². The first-order chi connectivity index (χ1) is 13.1. The minimum atomic E-state index is -0.727. The summed E-state index contributed by atoms with van der Waals surface area (Å²) in [6.45, 7) is 10.2. The van der Waals surface area contributed by atoms with Gasteiger partial charge in [-0.15, -0.1) is 0 Å². The Kier molecular flexibility index (Phi) is 8.16. The molecule has 28 heavy (non-hydrogen) atoms. The zero-order valence-electron chi connectivity index (χ0n) is 17.9. The van der Waals surface area contributed by atoms with Gasteiger partial charge < -0.3 is 14.9 Å². The minimum absolute atomic E-state index is 0.107. The molecule has 0 aromatic carbocycles. The molecule has 2 N–H and O–H groups in total. The molecule has 7 heteroatoms. The Hall–Kier alpha value is -1.31. The number of hydrogen-bond acceptors (Lipinski definition) is 6. The Morgan fingerprint density at radius 3 is 2.39 bits per heavy atom. The highest BCUT2D eigenvalue weighted by Gasteiger charge is 2.36. The minimum Gasteiger partial charge on any atom is -0.353 e. The van der Waals surface area contributed by atoms with E-state index >= 15 is 0 Å². The zero-order valence-corrected chi connectivity index (χ0v) is 17.9. The predicted octanol–water partition coefficient (Wildman–Crippen LogP) is 2.87. The Bertz CT molecular complexity index is 562. The van der Waals surface area contributed by atoms with E-state index in [0.717, 1.165) is 45.2 Å². The van der Waals surface area contributed by atoms with Crippen molar-refractivity contribution in [2.75, 3.05) is 26.3 Å². The van der Waals surface area contributed by atoms with Gasteiger partial charge in [-0.3, -0.25) is 19.8 Å². The van der Waals surface area contributed by atoms with Crippen molar-refractivity contribution in [3.05, 3.63) is 0 Å². The van der Waals surface area contributed by atoms with Gasteiger partial charge in [-0.25, -0.2) is 0 Å². The first kappa shape index (κ1) is 23.0. The van der Waals surface area contributed by atoms with Crippen molar-refractivity contribution in [1.29, 1.82) is 5.41 Å². The monoisotopic (exact) mass is 395 g/mol. The topological polar surface area (TPSA) is 91.7 Å². The van der Waals surface area contributed by atoms with Crippen LogP contribution in [-0.2, 0) is 19.1 Å². The highest BCUT2D eigenvalue weighted by molar-refractivity contribution is 6.08. The number of likely N-dealkylation sites (tertiary alicyclic amines) is 1. The van der Waals surface area contributed by atoms with Gasteiger partial charge in [0.1, 0.15) is 0 Å². The van der Waals surface area contributed by atoms with Gasteiger partial charge in [0.2, 0.25) is 11.8 Å². The first-order valence-corrected chi connectivity index (χ1v) is 10.5. The van der Waals surface area contributed by atoms with E-state index in [0.29, 0.717) is 13.2 Å². The molecule has 2 amide bonds. The number of nitrogens with zero attached hydrogens (tertiary/aromatic N) is 1. The number of hydrogen-bond donors (Lipinski definition) is 2. The molecule has 2 heterocycles. The highest BCUT2D eigenvalue weighted by atomic mass is 16.7. The predicted molar refractivity (Wildman–Crippen MR) is 108 cm³/mol. The van der Waals surface area contributed by atoms with Crippen LogP contribution in [0.4, 0.5) is 0 Å². The van der Waals surface area contributed by atoms with E-state index in [4.69, 9.17) is 14.9 Å². The summed E-state index contributed by atoms with van der Waals surface area (Å²) in [6.07, 6.45) is 6.02. The largest absolute Gasteiger partial charge is 0.353 e. The van der Waals surface area contributed by atoms with Gasteiger partial charge in [-0.1, -0.05) is 20.3 Å². The van der Waals surface area contributed by atoms with Crippen LogP contribution in [0.5, 0.6) is 0 Å². The second-order valence-electron chi connectivity index (χ2n) is 9.13. The fourth-order valence-corrected chi connectivity index (χ4v) is 3.55. The van der Waals surface area contributed by atoms with Gasteiger partial charge in [-0.2, -0.15) is 0 Å². The lowest BCUT2D eigenvalue weighted by molar-refractivity contribution is -0.171. The van der Waals surface area contributed by atoms with E-state index in [1.807, 2.05) is 27.7 Å². The van der Waals surface area contributed by atoms with Gasteiger partial charge in [0.25, 0.3) is 0 Å². The van der Waals surface area contributed by atoms with Crippen molar-refractivity contribution in [3.8, 4) is 0 Å². The number of nitrogens with one attached hydrogen (secondary N) is 2. The molecule has 2 aliphatic rings. The second kappa shape index (κ2) is 9.94. The van der Waals surface area contributed by atoms with Gasteiger partial charge in [-0.05, 0) is 59.0 Å². The Morgan fingerprint density at radius 2 is 1.79 bits per heavy atom. The van der Waals surface area contributed by atoms with E-state index in [2.05, 4.69) is 10.2 Å². The molecule has 2 rings (SSSR count). The third kappa shape index (κ3) is 6.36. The maximum atomic E-state index is 12.7. The molecule has 0 saturated carbocycles. The molecule has 0 spiro atoms. The summed E-state index contributed by atoms with van der Waals surface area (Å²) in [5.41, 5.74) is -1.07. The van der Waals surface area contributed by atoms with Crippen LogP contribution in [0.25, 0.3) is 0 Å². The summed E-state index contributed by atoms with van der Waals surface area (Å²) in [6, 6.07) is 0. The first-order valence-electron chi connectivity index (χ1n) is 10.5. The molecule has 0 bridgehead atoms. The van der Waals surface area contributed by atoms with E-state index in [1.54, 1.807) is 0 Å². The average Bonchev–Trinajstić information content (AvgIpc) is 2.67. The molecule has 2 saturated heterocycles. The third-order valence-corrected chi connectivity index (χ3v) is 5.88. The average molecular weight is 396 g/mol. The number of amides is 2. The summed E-state index contributed by atoms with van der Waals surface area (Å²) in [4.78, 5) is 27.2. The van der Waals surface area contributed by atoms with Crippen LogP contribution in [0.2, 0.25) is 0 Å². The van der Waals surface area contributed by atoms with Gasteiger partial charge in [0, 0.05) is 17.7 Å². The van der Waals surface area contributed by atoms with Crippen LogP contribution in [0.15, 0.2) is 0 Å². The molecule has 2 fully saturated rings. The lowest BCUT2D eigenvalue weighted by atomic mass is 9.86. The molecule has 2 aliphatic heterocycles. The summed E-state index contributed by atoms with van der Waals surface area (Å²) >= 11 is 0. The molecular formula is C21H37N3O4. The molecule has 1 atom stereocenters. The quantitative estimate of drug-likeness (QED) is 0.617. The lowest BCUT2D eigenvalue weighted by Gasteiger charge is -2.39. The molecule has 160 valence electrons. The molecule has 7 nitrogen and oxygen atoms in total. The number of carbonyl (C=O) groups excluding carboxylic acids is 2. The smallest absolute Gasteiger partial charge is 0.246 e. The summed E-state index contributed by atoms with van der Waals surface area (Å²) in [7, 11) is 0. The number of carbonyl (C=O) groups is 2. The summed E-state index contributed by atoms with van der Waals surface area (Å²) < 4.78 is 11.4. The van der Waals surface area contributed by atoms with E-state index < -0.39 is 16.9 Å². The van der Waals surface area contributed by atoms with Crippen LogP contribution in [0, 0.1) is 10.8 Å². The van der Waals surface area contributed by atoms with Crippen LogP contribution >= 0.6 is 0 Å². The zero-order chi connectivity index (χ0) is 20.8. The molecule has 0 aromatic rings. The number of ether oxygens (including phenoxy) is 2. The lowest BCUT2D eigenvalue weighted by Crippen LogP contribution is -2.57. The maximum Gasteiger partial charge on any atom is 0.246 e. The Morgan fingerprint density at radius 1 is 1.11 bits per heavy atom. The molecule has 0 radical (unpaired) electrons. The van der Waals surface area contributed by atoms with Gasteiger partial charge in [0.05, 0.1) is 18.6 Å². The van der Waals surface area contributed by atoms with Crippen molar-refractivity contribution in [2.45, 2.75) is 84.5 Å². The van der Waals surface area contributed by atoms with Crippen LogP contribution in [-0.4, -0.2) is 60.6 Å². The van der Waals surface area contributed by atoms with Crippen LogP contribution in [0.3, 0.4) is 0 Å². The normalized spacial score (nSPS) is 21.9. The number of imide groups is 1. The van der Waals surface area contributed by atoms with E-state index in [1.165, 1.54) is 6.42 Å².